The monoisotopic (exact) mass is 283 g/mol. The molecule has 0 atom stereocenters. The topological polar surface area (TPSA) is 72.4 Å². The number of fused-ring (bicyclic) bond motifs is 1. The van der Waals surface area contributed by atoms with Crippen LogP contribution >= 0.6 is 0 Å². The molecule has 0 amide bonds. The van der Waals surface area contributed by atoms with Gasteiger partial charge in [-0.15, -0.1) is 0 Å². The number of hydrogen-bond donors (Lipinski definition) is 1. The minimum Gasteiger partial charge on any atom is -0.478 e. The van der Waals surface area contributed by atoms with E-state index in [2.05, 4.69) is 0 Å². The third-order valence-electron chi connectivity index (χ3n) is 3.57. The zero-order chi connectivity index (χ0) is 15.0. The summed E-state index contributed by atoms with van der Waals surface area (Å²) in [6, 6.07) is 8.52. The van der Waals surface area contributed by atoms with E-state index >= 15 is 0 Å². The van der Waals surface area contributed by atoms with E-state index in [0.717, 1.165) is 5.56 Å². The van der Waals surface area contributed by atoms with Gasteiger partial charge in [-0.3, -0.25) is 4.79 Å². The number of carboxylic acids is 1. The Morgan fingerprint density at radius 3 is 2.57 bits per heavy atom. The van der Waals surface area contributed by atoms with E-state index in [1.807, 2.05) is 0 Å². The highest BCUT2D eigenvalue weighted by Gasteiger charge is 2.18. The van der Waals surface area contributed by atoms with Gasteiger partial charge in [-0.05, 0) is 19.1 Å². The number of aromatic nitrogens is 1. The van der Waals surface area contributed by atoms with E-state index in [0.29, 0.717) is 16.5 Å². The molecule has 1 aromatic carbocycles. The number of benzene rings is 1. The number of rotatable bonds is 3. The minimum absolute atomic E-state index is 0.161. The molecule has 2 heterocycles. The molecule has 3 rings (SSSR count). The van der Waals surface area contributed by atoms with Crippen LogP contribution in [0.15, 0.2) is 52.1 Å². The first-order chi connectivity index (χ1) is 10.1. The van der Waals surface area contributed by atoms with E-state index in [-0.39, 0.29) is 17.7 Å². The van der Waals surface area contributed by atoms with Gasteiger partial charge in [0.2, 0.25) is 0 Å². The number of hydrogen-bond acceptors (Lipinski definition) is 3. The van der Waals surface area contributed by atoms with Gasteiger partial charge in [0.25, 0.3) is 5.56 Å². The third-order valence-corrected chi connectivity index (χ3v) is 3.57. The summed E-state index contributed by atoms with van der Waals surface area (Å²) in [5.41, 5.74) is 1.21. The van der Waals surface area contributed by atoms with Gasteiger partial charge in [0.1, 0.15) is 0 Å². The summed E-state index contributed by atoms with van der Waals surface area (Å²) in [5.74, 6) is -1.04. The second kappa shape index (κ2) is 4.94. The van der Waals surface area contributed by atoms with Crippen molar-refractivity contribution in [1.82, 2.24) is 4.57 Å². The van der Waals surface area contributed by atoms with Crippen LogP contribution in [0.4, 0.5) is 0 Å². The van der Waals surface area contributed by atoms with Crippen molar-refractivity contribution in [2.24, 2.45) is 0 Å². The van der Waals surface area contributed by atoms with Gasteiger partial charge in [-0.2, -0.15) is 0 Å². The van der Waals surface area contributed by atoms with Crippen LogP contribution in [0, 0.1) is 6.92 Å². The fraction of sp³-hybridized carbons (Fsp3) is 0.125. The molecule has 5 nitrogen and oxygen atoms in total. The average molecular weight is 283 g/mol. The van der Waals surface area contributed by atoms with Crippen molar-refractivity contribution in [3.8, 4) is 0 Å². The second-order valence-corrected chi connectivity index (χ2v) is 4.83. The lowest BCUT2D eigenvalue weighted by atomic mass is 10.0. The summed E-state index contributed by atoms with van der Waals surface area (Å²) < 4.78 is 6.47. The van der Waals surface area contributed by atoms with Gasteiger partial charge < -0.3 is 14.1 Å². The van der Waals surface area contributed by atoms with Crippen molar-refractivity contribution in [3.63, 3.8) is 0 Å². The number of nitrogens with zero attached hydrogens (tertiary/aromatic N) is 1. The van der Waals surface area contributed by atoms with Crippen LogP contribution in [0.5, 0.6) is 0 Å². The molecule has 0 bridgehead atoms. The third kappa shape index (κ3) is 2.12. The molecule has 106 valence electrons. The van der Waals surface area contributed by atoms with Crippen molar-refractivity contribution < 1.29 is 14.3 Å². The molecular weight excluding hydrogens is 270 g/mol. The van der Waals surface area contributed by atoms with Crippen LogP contribution in [0.3, 0.4) is 0 Å². The Kier molecular flexibility index (Phi) is 3.10. The fourth-order valence-corrected chi connectivity index (χ4v) is 2.54. The summed E-state index contributed by atoms with van der Waals surface area (Å²) in [7, 11) is 0. The van der Waals surface area contributed by atoms with E-state index in [1.54, 1.807) is 43.5 Å². The molecule has 0 fully saturated rings. The summed E-state index contributed by atoms with van der Waals surface area (Å²) in [5, 5.41) is 10.3. The first-order valence-electron chi connectivity index (χ1n) is 6.46. The van der Waals surface area contributed by atoms with Crippen LogP contribution in [0.25, 0.3) is 10.8 Å². The highest BCUT2D eigenvalue weighted by atomic mass is 16.4. The predicted molar refractivity (Wildman–Crippen MR) is 77.7 cm³/mol. The van der Waals surface area contributed by atoms with Gasteiger partial charge in [0, 0.05) is 22.0 Å². The molecule has 0 spiro atoms. The van der Waals surface area contributed by atoms with Crippen LogP contribution in [0.1, 0.15) is 21.6 Å². The maximum absolute atomic E-state index is 12.6. The van der Waals surface area contributed by atoms with Gasteiger partial charge >= 0.3 is 5.97 Å². The molecule has 0 radical (unpaired) electrons. The van der Waals surface area contributed by atoms with Crippen LogP contribution in [-0.2, 0) is 6.54 Å². The maximum atomic E-state index is 12.6. The lowest BCUT2D eigenvalue weighted by Crippen LogP contribution is -2.26. The lowest BCUT2D eigenvalue weighted by Gasteiger charge is -2.14. The fourth-order valence-electron chi connectivity index (χ4n) is 2.54. The van der Waals surface area contributed by atoms with Crippen molar-refractivity contribution in [2.75, 3.05) is 0 Å². The Bertz CT molecular complexity index is 875. The van der Waals surface area contributed by atoms with Gasteiger partial charge in [0.05, 0.1) is 24.6 Å². The summed E-state index contributed by atoms with van der Waals surface area (Å²) >= 11 is 0. The summed E-state index contributed by atoms with van der Waals surface area (Å²) in [6.45, 7) is 1.93. The number of carbonyl (C=O) groups is 1. The van der Waals surface area contributed by atoms with E-state index in [1.165, 1.54) is 10.8 Å². The smallest absolute Gasteiger partial charge is 0.338 e. The van der Waals surface area contributed by atoms with E-state index in [4.69, 9.17) is 4.42 Å². The molecule has 0 saturated heterocycles. The van der Waals surface area contributed by atoms with Gasteiger partial charge in [0.15, 0.2) is 0 Å². The number of pyridine rings is 1. The zero-order valence-corrected chi connectivity index (χ0v) is 11.4. The average Bonchev–Trinajstić information content (AvgIpc) is 2.96. The van der Waals surface area contributed by atoms with Crippen molar-refractivity contribution in [3.05, 3.63) is 70.0 Å². The molecule has 0 aliphatic carbocycles. The number of aromatic carboxylic acids is 1. The Morgan fingerprint density at radius 1 is 1.24 bits per heavy atom. The molecule has 2 aromatic heterocycles. The van der Waals surface area contributed by atoms with Gasteiger partial charge in [-0.1, -0.05) is 18.2 Å². The largest absolute Gasteiger partial charge is 0.478 e. The Hall–Kier alpha value is -2.82. The summed E-state index contributed by atoms with van der Waals surface area (Å²) in [6.07, 6.45) is 3.07. The van der Waals surface area contributed by atoms with E-state index in [9.17, 15) is 14.7 Å². The zero-order valence-electron chi connectivity index (χ0n) is 11.4. The quantitative estimate of drug-likeness (QED) is 0.802. The Balaban J connectivity index is 2.34. The molecule has 5 heteroatoms. The van der Waals surface area contributed by atoms with Crippen LogP contribution in [-0.4, -0.2) is 15.6 Å². The number of carboxylic acid groups (broad SMARTS) is 1. The van der Waals surface area contributed by atoms with Crippen LogP contribution < -0.4 is 5.56 Å². The Labute approximate surface area is 120 Å². The van der Waals surface area contributed by atoms with Gasteiger partial charge in [-0.25, -0.2) is 4.79 Å². The molecule has 0 aliphatic rings. The molecule has 0 aliphatic heterocycles. The standard InChI is InChI=1S/C16H13NO4/c1-10-14(16(19)20)12-4-2-3-5-13(12)15(18)17(10)8-11-6-7-21-9-11/h2-7,9H,8H2,1H3,(H,19,20). The molecule has 1 N–H and O–H groups in total. The molecule has 0 saturated carbocycles. The molecule has 3 aromatic rings. The van der Waals surface area contributed by atoms with Crippen molar-refractivity contribution in [2.45, 2.75) is 13.5 Å². The molecule has 0 unspecified atom stereocenters. The number of furan rings is 1. The van der Waals surface area contributed by atoms with Crippen molar-refractivity contribution >= 4 is 16.7 Å². The highest BCUT2D eigenvalue weighted by Crippen LogP contribution is 2.20. The van der Waals surface area contributed by atoms with Crippen LogP contribution in [0.2, 0.25) is 0 Å². The molecule has 21 heavy (non-hydrogen) atoms. The lowest BCUT2D eigenvalue weighted by molar-refractivity contribution is 0.0697. The maximum Gasteiger partial charge on any atom is 0.338 e. The normalized spacial score (nSPS) is 10.9. The first-order valence-corrected chi connectivity index (χ1v) is 6.46. The first kappa shape index (κ1) is 13.2. The Morgan fingerprint density at radius 2 is 1.95 bits per heavy atom. The second-order valence-electron chi connectivity index (χ2n) is 4.83. The minimum atomic E-state index is -1.04. The highest BCUT2D eigenvalue weighted by molar-refractivity contribution is 6.04. The van der Waals surface area contributed by atoms with E-state index < -0.39 is 5.97 Å². The predicted octanol–water partition coefficient (Wildman–Crippen LogP) is 2.65. The van der Waals surface area contributed by atoms with Crippen molar-refractivity contribution in [1.29, 1.82) is 0 Å². The molecular formula is C16H13NO4. The SMILES string of the molecule is Cc1c(C(=O)O)c2ccccc2c(=O)n1Cc1ccoc1. The summed E-state index contributed by atoms with van der Waals surface area (Å²) in [4.78, 5) is 24.2.